The van der Waals surface area contributed by atoms with Crippen molar-refractivity contribution in [2.45, 2.75) is 13.8 Å². The molecular weight excluding hydrogens is 238 g/mol. The number of hydrogen-bond acceptors (Lipinski definition) is 3. The van der Waals surface area contributed by atoms with Crippen molar-refractivity contribution < 1.29 is 9.53 Å². The summed E-state index contributed by atoms with van der Waals surface area (Å²) in [6, 6.07) is 11.5. The summed E-state index contributed by atoms with van der Waals surface area (Å²) in [5.41, 5.74) is 1.01. The van der Waals surface area contributed by atoms with Crippen LogP contribution in [0.15, 0.2) is 48.1 Å². The summed E-state index contributed by atoms with van der Waals surface area (Å²) in [4.78, 5) is 11.6. The summed E-state index contributed by atoms with van der Waals surface area (Å²) >= 11 is 0. The highest BCUT2D eigenvalue weighted by molar-refractivity contribution is 5.93. The molecule has 0 aliphatic rings. The van der Waals surface area contributed by atoms with Crippen LogP contribution >= 0.6 is 0 Å². The highest BCUT2D eigenvalue weighted by atomic mass is 16.5. The largest absolute Gasteiger partial charge is 0.461 e. The number of nitrogens with zero attached hydrogens (tertiary/aromatic N) is 1. The van der Waals surface area contributed by atoms with Crippen molar-refractivity contribution in [1.82, 2.24) is 0 Å². The topological polar surface area (TPSA) is 50.1 Å². The molecule has 0 N–H and O–H groups in total. The molecule has 0 amide bonds. The van der Waals surface area contributed by atoms with Gasteiger partial charge in [0, 0.05) is 0 Å². The SMILES string of the molecule is CC(C)COC(=O)C(C#N)=CC=Cc1ccccc1. The van der Waals surface area contributed by atoms with Gasteiger partial charge in [-0.25, -0.2) is 4.79 Å². The molecule has 0 bridgehead atoms. The summed E-state index contributed by atoms with van der Waals surface area (Å²) in [5.74, 6) is -0.322. The van der Waals surface area contributed by atoms with E-state index in [0.29, 0.717) is 6.61 Å². The predicted octanol–water partition coefficient (Wildman–Crippen LogP) is 3.35. The summed E-state index contributed by atoms with van der Waals surface area (Å²) < 4.78 is 5.00. The Kier molecular flexibility index (Phi) is 6.11. The van der Waals surface area contributed by atoms with Crippen LogP contribution < -0.4 is 0 Å². The molecule has 0 atom stereocenters. The molecule has 0 saturated carbocycles. The van der Waals surface area contributed by atoms with Gasteiger partial charge in [-0.2, -0.15) is 5.26 Å². The van der Waals surface area contributed by atoms with Crippen LogP contribution in [0.4, 0.5) is 0 Å². The van der Waals surface area contributed by atoms with Crippen LogP contribution in [-0.4, -0.2) is 12.6 Å². The summed E-state index contributed by atoms with van der Waals surface area (Å²) in [6.07, 6.45) is 4.97. The van der Waals surface area contributed by atoms with Crippen LogP contribution in [0.1, 0.15) is 19.4 Å². The minimum absolute atomic E-state index is 0.00725. The van der Waals surface area contributed by atoms with E-state index in [2.05, 4.69) is 0 Å². The van der Waals surface area contributed by atoms with Crippen molar-refractivity contribution in [2.75, 3.05) is 6.61 Å². The zero-order valence-corrected chi connectivity index (χ0v) is 11.2. The van der Waals surface area contributed by atoms with E-state index in [9.17, 15) is 4.79 Å². The Balaban J connectivity index is 2.65. The zero-order valence-electron chi connectivity index (χ0n) is 11.2. The lowest BCUT2D eigenvalue weighted by Crippen LogP contribution is -2.11. The highest BCUT2D eigenvalue weighted by Gasteiger charge is 2.09. The minimum atomic E-state index is -0.575. The summed E-state index contributed by atoms with van der Waals surface area (Å²) in [6.45, 7) is 4.21. The number of allylic oxidation sites excluding steroid dienone is 2. The Labute approximate surface area is 113 Å². The van der Waals surface area contributed by atoms with Crippen molar-refractivity contribution in [3.8, 4) is 6.07 Å². The lowest BCUT2D eigenvalue weighted by atomic mass is 10.2. The van der Waals surface area contributed by atoms with Crippen molar-refractivity contribution >= 4 is 12.0 Å². The summed E-state index contributed by atoms with van der Waals surface area (Å²) in [7, 11) is 0. The van der Waals surface area contributed by atoms with E-state index in [-0.39, 0.29) is 11.5 Å². The molecule has 0 aromatic heterocycles. The Morgan fingerprint density at radius 2 is 2.05 bits per heavy atom. The Morgan fingerprint density at radius 1 is 1.37 bits per heavy atom. The molecule has 19 heavy (non-hydrogen) atoms. The maximum Gasteiger partial charge on any atom is 0.348 e. The van der Waals surface area contributed by atoms with Crippen LogP contribution in [0.5, 0.6) is 0 Å². The third kappa shape index (κ3) is 5.69. The Morgan fingerprint density at radius 3 is 2.63 bits per heavy atom. The van der Waals surface area contributed by atoms with E-state index in [1.54, 1.807) is 6.08 Å². The molecule has 1 aromatic carbocycles. The van der Waals surface area contributed by atoms with Gasteiger partial charge in [0.05, 0.1) is 6.61 Å². The quantitative estimate of drug-likeness (QED) is 0.351. The van der Waals surface area contributed by atoms with Gasteiger partial charge < -0.3 is 4.74 Å². The van der Waals surface area contributed by atoms with Gasteiger partial charge in [0.2, 0.25) is 0 Å². The van der Waals surface area contributed by atoms with E-state index in [4.69, 9.17) is 10.00 Å². The fourth-order valence-electron chi connectivity index (χ4n) is 1.29. The molecular formula is C16H17NO2. The van der Waals surface area contributed by atoms with Gasteiger partial charge in [-0.3, -0.25) is 0 Å². The molecule has 0 unspecified atom stereocenters. The standard InChI is InChI=1S/C16H17NO2/c1-13(2)12-19-16(18)15(11-17)10-6-9-14-7-4-3-5-8-14/h3-10,13H,12H2,1-2H3. The lowest BCUT2D eigenvalue weighted by molar-refractivity contribution is -0.139. The maximum atomic E-state index is 11.6. The number of carbonyl (C=O) groups is 1. The normalized spacial score (nSPS) is 11.6. The van der Waals surface area contributed by atoms with Gasteiger partial charge in [0.15, 0.2) is 0 Å². The van der Waals surface area contributed by atoms with Crippen LogP contribution in [0.2, 0.25) is 0 Å². The molecule has 0 fully saturated rings. The fourth-order valence-corrected chi connectivity index (χ4v) is 1.29. The molecule has 0 spiro atoms. The number of esters is 1. The first kappa shape index (κ1) is 14.7. The number of ether oxygens (including phenoxy) is 1. The average Bonchev–Trinajstić information content (AvgIpc) is 2.42. The average molecular weight is 255 g/mol. The second kappa shape index (κ2) is 7.88. The molecule has 0 radical (unpaired) electrons. The van der Waals surface area contributed by atoms with Crippen LogP contribution in [0.3, 0.4) is 0 Å². The highest BCUT2D eigenvalue weighted by Crippen LogP contribution is 2.04. The van der Waals surface area contributed by atoms with Crippen molar-refractivity contribution in [2.24, 2.45) is 5.92 Å². The number of benzene rings is 1. The molecule has 0 aliphatic heterocycles. The molecule has 0 saturated heterocycles. The number of nitriles is 1. The van der Waals surface area contributed by atoms with Gasteiger partial charge in [0.1, 0.15) is 11.6 Å². The van der Waals surface area contributed by atoms with Gasteiger partial charge in [-0.1, -0.05) is 56.3 Å². The lowest BCUT2D eigenvalue weighted by Gasteiger charge is -2.05. The third-order valence-corrected chi connectivity index (χ3v) is 2.24. The van der Waals surface area contributed by atoms with Crippen LogP contribution in [0, 0.1) is 17.2 Å². The van der Waals surface area contributed by atoms with E-state index in [1.165, 1.54) is 6.08 Å². The van der Waals surface area contributed by atoms with Crippen LogP contribution in [-0.2, 0) is 9.53 Å². The van der Waals surface area contributed by atoms with E-state index >= 15 is 0 Å². The molecule has 0 heterocycles. The minimum Gasteiger partial charge on any atom is -0.461 e. The first-order valence-corrected chi connectivity index (χ1v) is 6.14. The third-order valence-electron chi connectivity index (χ3n) is 2.24. The Hall–Kier alpha value is -2.34. The first-order valence-electron chi connectivity index (χ1n) is 6.14. The Bertz CT molecular complexity index is 507. The first-order chi connectivity index (χ1) is 9.13. The van der Waals surface area contributed by atoms with Crippen molar-refractivity contribution in [1.29, 1.82) is 5.26 Å². The molecule has 0 aliphatic carbocycles. The van der Waals surface area contributed by atoms with Crippen molar-refractivity contribution in [3.63, 3.8) is 0 Å². The number of rotatable bonds is 5. The molecule has 3 heteroatoms. The van der Waals surface area contributed by atoms with E-state index < -0.39 is 5.97 Å². The number of hydrogen-bond donors (Lipinski definition) is 0. The molecule has 98 valence electrons. The summed E-state index contributed by atoms with van der Waals surface area (Å²) in [5, 5.41) is 8.91. The fraction of sp³-hybridized carbons (Fsp3) is 0.250. The molecule has 1 rings (SSSR count). The van der Waals surface area contributed by atoms with Crippen molar-refractivity contribution in [3.05, 3.63) is 53.6 Å². The smallest absolute Gasteiger partial charge is 0.348 e. The second-order valence-electron chi connectivity index (χ2n) is 4.45. The zero-order chi connectivity index (χ0) is 14.1. The van der Waals surface area contributed by atoms with E-state index in [1.807, 2.05) is 56.3 Å². The van der Waals surface area contributed by atoms with E-state index in [0.717, 1.165) is 5.56 Å². The van der Waals surface area contributed by atoms with Gasteiger partial charge in [-0.05, 0) is 17.6 Å². The predicted molar refractivity (Wildman–Crippen MR) is 75.0 cm³/mol. The maximum absolute atomic E-state index is 11.6. The van der Waals surface area contributed by atoms with Gasteiger partial charge >= 0.3 is 5.97 Å². The number of carbonyl (C=O) groups excluding carboxylic acids is 1. The molecule has 1 aromatic rings. The molecule has 3 nitrogen and oxygen atoms in total. The van der Waals surface area contributed by atoms with Crippen LogP contribution in [0.25, 0.3) is 6.08 Å². The van der Waals surface area contributed by atoms with Gasteiger partial charge in [-0.15, -0.1) is 0 Å². The van der Waals surface area contributed by atoms with Gasteiger partial charge in [0.25, 0.3) is 0 Å². The second-order valence-corrected chi connectivity index (χ2v) is 4.45. The monoisotopic (exact) mass is 255 g/mol.